The number of aldehydes is 1. The topological polar surface area (TPSA) is 46.6 Å². The van der Waals surface area contributed by atoms with Crippen molar-refractivity contribution in [2.45, 2.75) is 45.4 Å². The minimum atomic E-state index is -0.174. The van der Waals surface area contributed by atoms with Crippen molar-refractivity contribution in [3.05, 3.63) is 0 Å². The Morgan fingerprint density at radius 3 is 2.71 bits per heavy atom. The predicted molar refractivity (Wildman–Crippen MR) is 65.9 cm³/mol. The number of likely N-dealkylation sites (tertiary alicyclic amines) is 1. The molecule has 98 valence electrons. The monoisotopic (exact) mass is 241 g/mol. The van der Waals surface area contributed by atoms with E-state index >= 15 is 0 Å². The smallest absolute Gasteiger partial charge is 0.409 e. The number of hydrogen-bond donors (Lipinski definition) is 0. The Hall–Kier alpha value is -1.06. The summed E-state index contributed by atoms with van der Waals surface area (Å²) in [5.41, 5.74) is 0. The fraction of sp³-hybridized carbons (Fsp3) is 0.846. The van der Waals surface area contributed by atoms with E-state index in [4.69, 9.17) is 4.74 Å². The summed E-state index contributed by atoms with van der Waals surface area (Å²) in [7, 11) is 0. The van der Waals surface area contributed by atoms with E-state index < -0.39 is 0 Å². The van der Waals surface area contributed by atoms with Gasteiger partial charge >= 0.3 is 6.09 Å². The van der Waals surface area contributed by atoms with Crippen LogP contribution in [0.2, 0.25) is 0 Å². The van der Waals surface area contributed by atoms with Crippen LogP contribution in [0, 0.1) is 5.92 Å². The molecule has 1 aliphatic heterocycles. The van der Waals surface area contributed by atoms with Gasteiger partial charge in [-0.1, -0.05) is 13.3 Å². The van der Waals surface area contributed by atoms with Gasteiger partial charge in [-0.3, -0.25) is 0 Å². The molecule has 0 saturated carbocycles. The number of carbonyl (C=O) groups excluding carboxylic acids is 2. The number of carbonyl (C=O) groups is 2. The molecule has 0 spiro atoms. The second-order valence-corrected chi connectivity index (χ2v) is 4.64. The molecule has 0 radical (unpaired) electrons. The van der Waals surface area contributed by atoms with Crippen LogP contribution in [0.3, 0.4) is 0 Å². The molecule has 0 aromatic heterocycles. The highest BCUT2D eigenvalue weighted by atomic mass is 16.6. The minimum Gasteiger partial charge on any atom is -0.449 e. The maximum absolute atomic E-state index is 11.6. The lowest BCUT2D eigenvalue weighted by Crippen LogP contribution is -2.38. The quantitative estimate of drug-likeness (QED) is 0.530. The third-order valence-corrected chi connectivity index (χ3v) is 3.29. The van der Waals surface area contributed by atoms with Crippen molar-refractivity contribution in [3.63, 3.8) is 0 Å². The summed E-state index contributed by atoms with van der Waals surface area (Å²) in [6.45, 7) is 4.15. The van der Waals surface area contributed by atoms with Crippen LogP contribution >= 0.6 is 0 Å². The van der Waals surface area contributed by atoms with E-state index in [1.54, 1.807) is 4.90 Å². The van der Waals surface area contributed by atoms with Gasteiger partial charge in [0.05, 0.1) is 6.61 Å². The molecular weight excluding hydrogens is 218 g/mol. The lowest BCUT2D eigenvalue weighted by Gasteiger charge is -2.31. The number of ether oxygens (including phenoxy) is 1. The van der Waals surface area contributed by atoms with E-state index in [1.807, 2.05) is 0 Å². The average molecular weight is 241 g/mol. The average Bonchev–Trinajstić information content (AvgIpc) is 2.37. The van der Waals surface area contributed by atoms with Crippen molar-refractivity contribution in [1.82, 2.24) is 4.90 Å². The van der Waals surface area contributed by atoms with E-state index in [0.717, 1.165) is 51.5 Å². The number of hydrogen-bond acceptors (Lipinski definition) is 3. The number of nitrogens with zero attached hydrogens (tertiary/aromatic N) is 1. The van der Waals surface area contributed by atoms with Gasteiger partial charge in [0, 0.05) is 19.5 Å². The predicted octanol–water partition coefficient (Wildman–Crippen LogP) is 2.61. The molecule has 1 rings (SSSR count). The van der Waals surface area contributed by atoms with Crippen molar-refractivity contribution in [3.8, 4) is 0 Å². The highest BCUT2D eigenvalue weighted by Crippen LogP contribution is 2.21. The van der Waals surface area contributed by atoms with Gasteiger partial charge < -0.3 is 14.4 Å². The highest BCUT2D eigenvalue weighted by Gasteiger charge is 2.23. The van der Waals surface area contributed by atoms with E-state index in [-0.39, 0.29) is 6.09 Å². The van der Waals surface area contributed by atoms with Crippen molar-refractivity contribution >= 4 is 12.4 Å². The summed E-state index contributed by atoms with van der Waals surface area (Å²) in [4.78, 5) is 23.7. The molecule has 1 saturated heterocycles. The van der Waals surface area contributed by atoms with Gasteiger partial charge in [0.1, 0.15) is 6.29 Å². The second kappa shape index (κ2) is 8.09. The van der Waals surface area contributed by atoms with Crippen LogP contribution in [0.5, 0.6) is 0 Å². The molecule has 0 N–H and O–H groups in total. The lowest BCUT2D eigenvalue weighted by atomic mass is 9.93. The van der Waals surface area contributed by atoms with E-state index in [1.165, 1.54) is 0 Å². The molecule has 0 aromatic rings. The number of piperidine rings is 1. The largest absolute Gasteiger partial charge is 0.449 e. The molecule has 4 nitrogen and oxygen atoms in total. The molecule has 1 fully saturated rings. The first kappa shape index (κ1) is 14.0. The van der Waals surface area contributed by atoms with Crippen LogP contribution in [0.1, 0.15) is 45.4 Å². The van der Waals surface area contributed by atoms with E-state index in [2.05, 4.69) is 6.92 Å². The van der Waals surface area contributed by atoms with Crippen molar-refractivity contribution in [2.24, 2.45) is 5.92 Å². The Balaban J connectivity index is 2.17. The number of unbranched alkanes of at least 4 members (excludes halogenated alkanes) is 1. The van der Waals surface area contributed by atoms with Crippen LogP contribution in [-0.4, -0.2) is 37.0 Å². The van der Waals surface area contributed by atoms with Crippen LogP contribution in [0.4, 0.5) is 4.79 Å². The van der Waals surface area contributed by atoms with Gasteiger partial charge in [0.15, 0.2) is 0 Å². The van der Waals surface area contributed by atoms with Crippen LogP contribution in [0.25, 0.3) is 0 Å². The van der Waals surface area contributed by atoms with Gasteiger partial charge in [0.2, 0.25) is 0 Å². The van der Waals surface area contributed by atoms with Crippen LogP contribution < -0.4 is 0 Å². The molecule has 1 aliphatic rings. The molecule has 4 heteroatoms. The molecule has 17 heavy (non-hydrogen) atoms. The van der Waals surface area contributed by atoms with E-state index in [0.29, 0.717) is 18.9 Å². The van der Waals surface area contributed by atoms with Gasteiger partial charge in [-0.25, -0.2) is 4.79 Å². The maximum Gasteiger partial charge on any atom is 0.409 e. The molecule has 0 aliphatic carbocycles. The normalized spacial score (nSPS) is 16.9. The Morgan fingerprint density at radius 2 is 2.12 bits per heavy atom. The van der Waals surface area contributed by atoms with Crippen molar-refractivity contribution in [2.75, 3.05) is 19.7 Å². The summed E-state index contributed by atoms with van der Waals surface area (Å²) in [6, 6.07) is 0. The standard InChI is InChI=1S/C13H23NO3/c1-2-3-11-17-13(16)14-8-6-12(7-9-14)5-4-10-15/h10,12H,2-9,11H2,1H3. The molecule has 0 aromatic carbocycles. The van der Waals surface area contributed by atoms with Crippen LogP contribution in [0.15, 0.2) is 0 Å². The molecule has 0 atom stereocenters. The van der Waals surface area contributed by atoms with Crippen LogP contribution in [-0.2, 0) is 9.53 Å². The molecular formula is C13H23NO3. The first-order valence-corrected chi connectivity index (χ1v) is 6.63. The summed E-state index contributed by atoms with van der Waals surface area (Å²) in [5.74, 6) is 0.597. The van der Waals surface area contributed by atoms with Gasteiger partial charge in [0.25, 0.3) is 0 Å². The van der Waals surface area contributed by atoms with E-state index in [9.17, 15) is 9.59 Å². The molecule has 1 heterocycles. The fourth-order valence-electron chi connectivity index (χ4n) is 2.10. The first-order chi connectivity index (χ1) is 8.27. The number of amides is 1. The summed E-state index contributed by atoms with van der Waals surface area (Å²) >= 11 is 0. The zero-order valence-corrected chi connectivity index (χ0v) is 10.7. The van der Waals surface area contributed by atoms with Gasteiger partial charge in [-0.15, -0.1) is 0 Å². The lowest BCUT2D eigenvalue weighted by molar-refractivity contribution is -0.108. The summed E-state index contributed by atoms with van der Waals surface area (Å²) in [6.07, 6.45) is 6.38. The molecule has 0 bridgehead atoms. The second-order valence-electron chi connectivity index (χ2n) is 4.64. The molecule has 1 amide bonds. The minimum absolute atomic E-state index is 0.174. The third kappa shape index (κ3) is 5.20. The number of rotatable bonds is 6. The zero-order valence-electron chi connectivity index (χ0n) is 10.7. The summed E-state index contributed by atoms with van der Waals surface area (Å²) < 4.78 is 5.17. The van der Waals surface area contributed by atoms with Gasteiger partial charge in [-0.05, 0) is 31.6 Å². The van der Waals surface area contributed by atoms with Gasteiger partial charge in [-0.2, -0.15) is 0 Å². The molecule has 0 unspecified atom stereocenters. The highest BCUT2D eigenvalue weighted by molar-refractivity contribution is 5.67. The Labute approximate surface area is 103 Å². The summed E-state index contributed by atoms with van der Waals surface area (Å²) in [5, 5.41) is 0. The maximum atomic E-state index is 11.6. The Kier molecular flexibility index (Phi) is 6.67. The third-order valence-electron chi connectivity index (χ3n) is 3.29. The SMILES string of the molecule is CCCCOC(=O)N1CCC(CCC=O)CC1. The fourth-order valence-corrected chi connectivity index (χ4v) is 2.10. The van der Waals surface area contributed by atoms with Crippen molar-refractivity contribution < 1.29 is 14.3 Å². The first-order valence-electron chi connectivity index (χ1n) is 6.63. The Morgan fingerprint density at radius 1 is 1.41 bits per heavy atom. The Bertz CT molecular complexity index is 235. The van der Waals surface area contributed by atoms with Crippen molar-refractivity contribution in [1.29, 1.82) is 0 Å². The zero-order chi connectivity index (χ0) is 12.5.